The Morgan fingerprint density at radius 1 is 1.25 bits per heavy atom. The van der Waals surface area contributed by atoms with Crippen LogP contribution in [0.4, 0.5) is 5.69 Å². The van der Waals surface area contributed by atoms with Crippen molar-refractivity contribution >= 4 is 23.4 Å². The van der Waals surface area contributed by atoms with Crippen LogP contribution in [0.5, 0.6) is 0 Å². The third kappa shape index (κ3) is 2.19. The van der Waals surface area contributed by atoms with E-state index in [0.29, 0.717) is 29.7 Å². The summed E-state index contributed by atoms with van der Waals surface area (Å²) in [6.07, 6.45) is 1.02. The van der Waals surface area contributed by atoms with Crippen molar-refractivity contribution in [3.8, 4) is 0 Å². The number of benzene rings is 1. The van der Waals surface area contributed by atoms with E-state index >= 15 is 0 Å². The number of hydrogen-bond donors (Lipinski definition) is 1. The molecular weight excluding hydrogens is 256 g/mol. The van der Waals surface area contributed by atoms with Gasteiger partial charge in [0.05, 0.1) is 16.8 Å². The minimum absolute atomic E-state index is 0.155. The summed E-state index contributed by atoms with van der Waals surface area (Å²) in [7, 11) is 0. The molecule has 1 aromatic rings. The van der Waals surface area contributed by atoms with E-state index in [9.17, 15) is 14.4 Å². The Kier molecular flexibility index (Phi) is 3.88. The maximum atomic E-state index is 12.5. The highest BCUT2D eigenvalue weighted by Gasteiger charge is 2.39. The highest BCUT2D eigenvalue weighted by atomic mass is 16.2. The van der Waals surface area contributed by atoms with Gasteiger partial charge in [0, 0.05) is 12.5 Å². The first kappa shape index (κ1) is 14.2. The molecule has 5 heteroatoms. The number of carbonyl (C=O) groups excluding carboxylic acids is 3. The summed E-state index contributed by atoms with van der Waals surface area (Å²) in [6, 6.07) is 4.80. The SMILES string of the molecule is CCC(=O)Nc1cccc2c1C(=O)N(C(C)CC)C2=O. The van der Waals surface area contributed by atoms with E-state index in [-0.39, 0.29) is 23.8 Å². The summed E-state index contributed by atoms with van der Waals surface area (Å²) in [5.41, 5.74) is 1.09. The third-order valence-electron chi connectivity index (χ3n) is 3.57. The van der Waals surface area contributed by atoms with Crippen LogP contribution in [0.25, 0.3) is 0 Å². The van der Waals surface area contributed by atoms with Crippen LogP contribution in [0.15, 0.2) is 18.2 Å². The van der Waals surface area contributed by atoms with E-state index in [0.717, 1.165) is 0 Å². The van der Waals surface area contributed by atoms with Gasteiger partial charge in [-0.1, -0.05) is 19.9 Å². The molecule has 0 bridgehead atoms. The second-order valence-corrected chi connectivity index (χ2v) is 4.87. The van der Waals surface area contributed by atoms with Crippen molar-refractivity contribution in [2.24, 2.45) is 0 Å². The predicted molar refractivity (Wildman–Crippen MR) is 75.6 cm³/mol. The Morgan fingerprint density at radius 3 is 2.55 bits per heavy atom. The molecule has 1 heterocycles. The molecule has 1 unspecified atom stereocenters. The second-order valence-electron chi connectivity index (χ2n) is 4.87. The summed E-state index contributed by atoms with van der Waals surface area (Å²) < 4.78 is 0. The van der Waals surface area contributed by atoms with Gasteiger partial charge in [0.1, 0.15) is 0 Å². The van der Waals surface area contributed by atoms with Crippen molar-refractivity contribution in [1.82, 2.24) is 4.90 Å². The Balaban J connectivity index is 2.45. The number of amides is 3. The number of carbonyl (C=O) groups is 3. The highest BCUT2D eigenvalue weighted by molar-refractivity contribution is 6.24. The first-order valence-corrected chi connectivity index (χ1v) is 6.82. The van der Waals surface area contributed by atoms with Gasteiger partial charge in [-0.3, -0.25) is 19.3 Å². The molecule has 1 N–H and O–H groups in total. The molecule has 0 aromatic heterocycles. The van der Waals surface area contributed by atoms with E-state index in [2.05, 4.69) is 5.32 Å². The molecule has 1 aliphatic heterocycles. The number of nitrogens with zero attached hydrogens (tertiary/aromatic N) is 1. The van der Waals surface area contributed by atoms with Crippen LogP contribution in [-0.2, 0) is 4.79 Å². The Bertz CT molecular complexity index is 580. The summed E-state index contributed by atoms with van der Waals surface area (Å²) >= 11 is 0. The van der Waals surface area contributed by atoms with Gasteiger partial charge >= 0.3 is 0 Å². The Hall–Kier alpha value is -2.17. The van der Waals surface area contributed by atoms with Gasteiger partial charge in [0.2, 0.25) is 5.91 Å². The number of imide groups is 1. The molecule has 0 aliphatic carbocycles. The van der Waals surface area contributed by atoms with E-state index in [1.165, 1.54) is 4.90 Å². The topological polar surface area (TPSA) is 66.5 Å². The van der Waals surface area contributed by atoms with Crippen LogP contribution < -0.4 is 5.32 Å². The van der Waals surface area contributed by atoms with Crippen LogP contribution in [0.2, 0.25) is 0 Å². The van der Waals surface area contributed by atoms with Crippen LogP contribution in [0.1, 0.15) is 54.3 Å². The van der Waals surface area contributed by atoms with Crippen molar-refractivity contribution in [2.75, 3.05) is 5.32 Å². The fourth-order valence-corrected chi connectivity index (χ4v) is 2.23. The fraction of sp³-hybridized carbons (Fsp3) is 0.400. The van der Waals surface area contributed by atoms with E-state index < -0.39 is 0 Å². The monoisotopic (exact) mass is 274 g/mol. The zero-order valence-corrected chi connectivity index (χ0v) is 11.9. The molecule has 20 heavy (non-hydrogen) atoms. The molecule has 0 fully saturated rings. The minimum atomic E-state index is -0.327. The number of fused-ring (bicyclic) bond motifs is 1. The Labute approximate surface area is 118 Å². The maximum absolute atomic E-state index is 12.5. The molecule has 2 rings (SSSR count). The molecule has 1 aromatic carbocycles. The molecule has 0 spiro atoms. The van der Waals surface area contributed by atoms with E-state index in [4.69, 9.17) is 0 Å². The lowest BCUT2D eigenvalue weighted by Gasteiger charge is -2.20. The summed E-state index contributed by atoms with van der Waals surface area (Å²) in [5, 5.41) is 2.68. The van der Waals surface area contributed by atoms with Crippen LogP contribution in [0, 0.1) is 0 Å². The maximum Gasteiger partial charge on any atom is 0.263 e. The first-order valence-electron chi connectivity index (χ1n) is 6.82. The van der Waals surface area contributed by atoms with Gasteiger partial charge in [-0.15, -0.1) is 0 Å². The van der Waals surface area contributed by atoms with E-state index in [1.54, 1.807) is 25.1 Å². The summed E-state index contributed by atoms with van der Waals surface area (Å²) in [6.45, 7) is 5.50. The average molecular weight is 274 g/mol. The van der Waals surface area contributed by atoms with Gasteiger partial charge in [-0.05, 0) is 25.5 Å². The zero-order valence-electron chi connectivity index (χ0n) is 11.9. The summed E-state index contributed by atoms with van der Waals surface area (Å²) in [4.78, 5) is 37.5. The standard InChI is InChI=1S/C15H18N2O3/c1-4-9(3)17-14(19)10-7-6-8-11(13(10)15(17)20)16-12(18)5-2/h6-9H,4-5H2,1-3H3,(H,16,18). The quantitative estimate of drug-likeness (QED) is 0.857. The molecule has 0 saturated heterocycles. The van der Waals surface area contributed by atoms with Crippen molar-refractivity contribution < 1.29 is 14.4 Å². The predicted octanol–water partition coefficient (Wildman–Crippen LogP) is 2.43. The highest BCUT2D eigenvalue weighted by Crippen LogP contribution is 2.31. The number of rotatable bonds is 4. The molecule has 0 saturated carbocycles. The van der Waals surface area contributed by atoms with Gasteiger partial charge in [0.25, 0.3) is 11.8 Å². The van der Waals surface area contributed by atoms with Crippen molar-refractivity contribution in [3.05, 3.63) is 29.3 Å². The normalized spacial score (nSPS) is 15.2. The van der Waals surface area contributed by atoms with Crippen molar-refractivity contribution in [2.45, 2.75) is 39.7 Å². The molecule has 1 aliphatic rings. The van der Waals surface area contributed by atoms with Gasteiger partial charge in [0.15, 0.2) is 0 Å². The first-order chi connectivity index (χ1) is 9.51. The van der Waals surface area contributed by atoms with Gasteiger partial charge < -0.3 is 5.32 Å². The lowest BCUT2D eigenvalue weighted by Crippen LogP contribution is -2.37. The van der Waals surface area contributed by atoms with Gasteiger partial charge in [-0.25, -0.2) is 0 Å². The average Bonchev–Trinajstić information content (AvgIpc) is 2.71. The number of anilines is 1. The molecular formula is C15H18N2O3. The summed E-state index contributed by atoms with van der Waals surface area (Å²) in [5.74, 6) is -0.793. The lowest BCUT2D eigenvalue weighted by molar-refractivity contribution is -0.115. The minimum Gasteiger partial charge on any atom is -0.325 e. The molecule has 1 atom stereocenters. The molecule has 5 nitrogen and oxygen atoms in total. The Morgan fingerprint density at radius 2 is 1.95 bits per heavy atom. The number of nitrogens with one attached hydrogen (secondary N) is 1. The van der Waals surface area contributed by atoms with E-state index in [1.807, 2.05) is 13.8 Å². The molecule has 3 amide bonds. The second kappa shape index (κ2) is 5.45. The third-order valence-corrected chi connectivity index (χ3v) is 3.57. The van der Waals surface area contributed by atoms with Crippen molar-refractivity contribution in [3.63, 3.8) is 0 Å². The lowest BCUT2D eigenvalue weighted by atomic mass is 10.1. The zero-order chi connectivity index (χ0) is 14.9. The van der Waals surface area contributed by atoms with Crippen LogP contribution >= 0.6 is 0 Å². The fourth-order valence-electron chi connectivity index (χ4n) is 2.23. The molecule has 0 radical (unpaired) electrons. The number of hydrogen-bond acceptors (Lipinski definition) is 3. The van der Waals surface area contributed by atoms with Gasteiger partial charge in [-0.2, -0.15) is 0 Å². The van der Waals surface area contributed by atoms with Crippen LogP contribution in [0.3, 0.4) is 0 Å². The smallest absolute Gasteiger partial charge is 0.263 e. The largest absolute Gasteiger partial charge is 0.325 e. The molecule has 106 valence electrons. The van der Waals surface area contributed by atoms with Crippen molar-refractivity contribution in [1.29, 1.82) is 0 Å². The van der Waals surface area contributed by atoms with Crippen LogP contribution in [-0.4, -0.2) is 28.7 Å².